The second-order valence-corrected chi connectivity index (χ2v) is 6.82. The van der Waals surface area contributed by atoms with Gasteiger partial charge >= 0.3 is 6.18 Å². The number of aromatic nitrogens is 2. The lowest BCUT2D eigenvalue weighted by Crippen LogP contribution is -2.23. The Hall–Kier alpha value is -1.38. The zero-order chi connectivity index (χ0) is 15.6. The first-order valence-corrected chi connectivity index (χ1v) is 7.52. The van der Waals surface area contributed by atoms with Gasteiger partial charge in [-0.15, -0.1) is 0 Å². The van der Waals surface area contributed by atoms with Crippen molar-refractivity contribution in [3.63, 3.8) is 0 Å². The average molecular weight is 312 g/mol. The average Bonchev–Trinajstić information content (AvgIpc) is 2.67. The first kappa shape index (κ1) is 16.7. The summed E-state index contributed by atoms with van der Waals surface area (Å²) in [4.78, 5) is 10.8. The molecule has 0 spiro atoms. The van der Waals surface area contributed by atoms with E-state index >= 15 is 0 Å². The van der Waals surface area contributed by atoms with Crippen molar-refractivity contribution >= 4 is 16.1 Å². The van der Waals surface area contributed by atoms with Crippen LogP contribution in [0.1, 0.15) is 30.6 Å². The van der Waals surface area contributed by atoms with Crippen LogP contribution in [0.2, 0.25) is 0 Å². The van der Waals surface area contributed by atoms with Crippen LogP contribution in [0, 0.1) is 5.92 Å². The maximum absolute atomic E-state index is 12.4. The van der Waals surface area contributed by atoms with Crippen LogP contribution in [-0.2, 0) is 16.4 Å². The van der Waals surface area contributed by atoms with Crippen molar-refractivity contribution in [2.45, 2.75) is 38.0 Å². The van der Waals surface area contributed by atoms with Gasteiger partial charge in [0.05, 0.1) is 17.5 Å². The molecule has 0 saturated heterocycles. The summed E-state index contributed by atoms with van der Waals surface area (Å²) < 4.78 is 61.7. The van der Waals surface area contributed by atoms with Crippen molar-refractivity contribution in [1.29, 1.82) is 0 Å². The molecule has 1 aromatic heterocycles. The summed E-state index contributed by atoms with van der Waals surface area (Å²) in [6, 6.07) is 0. The summed E-state index contributed by atoms with van der Waals surface area (Å²) in [6.07, 6.45) is -3.30. The minimum atomic E-state index is -4.62. The van der Waals surface area contributed by atoms with Crippen LogP contribution in [0.3, 0.4) is 0 Å². The summed E-state index contributed by atoms with van der Waals surface area (Å²) in [5.74, 6) is -0.252. The van der Waals surface area contributed by atoms with Crippen LogP contribution >= 0.6 is 0 Å². The van der Waals surface area contributed by atoms with Crippen molar-refractivity contribution in [3.8, 4) is 0 Å². The minimum absolute atomic E-state index is 0.0726. The molecule has 0 aromatic carbocycles. The lowest BCUT2D eigenvalue weighted by atomic mass is 10.2. The van der Waals surface area contributed by atoms with Gasteiger partial charge in [-0.1, -0.05) is 13.8 Å². The maximum Gasteiger partial charge on any atom is 0.408 e. The summed E-state index contributed by atoms with van der Waals surface area (Å²) in [6.45, 7) is 2.05. The molecule has 0 aliphatic carbocycles. The van der Waals surface area contributed by atoms with Crippen LogP contribution in [0.15, 0.2) is 11.2 Å². The number of carbonyl (C=O) groups is 1. The van der Waals surface area contributed by atoms with Crippen LogP contribution in [0.25, 0.3) is 0 Å². The Morgan fingerprint density at radius 3 is 2.45 bits per heavy atom. The van der Waals surface area contributed by atoms with Crippen molar-refractivity contribution < 1.29 is 26.4 Å². The van der Waals surface area contributed by atoms with Crippen LogP contribution in [-0.4, -0.2) is 36.4 Å². The second-order valence-electron chi connectivity index (χ2n) is 4.80. The number of aldehydes is 1. The first-order valence-electron chi connectivity index (χ1n) is 5.87. The van der Waals surface area contributed by atoms with E-state index in [1.165, 1.54) is 0 Å². The number of hydrogen-bond donors (Lipinski definition) is 0. The quantitative estimate of drug-likeness (QED) is 0.754. The van der Waals surface area contributed by atoms with Gasteiger partial charge < -0.3 is 0 Å². The molecule has 0 bridgehead atoms. The van der Waals surface area contributed by atoms with Gasteiger partial charge in [0, 0.05) is 0 Å². The number of carbonyl (C=O) groups excluding carboxylic acids is 1. The lowest BCUT2D eigenvalue weighted by Gasteiger charge is -2.12. The van der Waals surface area contributed by atoms with Crippen molar-refractivity contribution in [2.24, 2.45) is 5.92 Å². The van der Waals surface area contributed by atoms with E-state index in [1.807, 2.05) is 0 Å². The molecular formula is C11H15F3N2O3S. The monoisotopic (exact) mass is 312 g/mol. The molecule has 0 radical (unpaired) electrons. The number of halogens is 3. The molecule has 0 unspecified atom stereocenters. The molecule has 114 valence electrons. The zero-order valence-electron chi connectivity index (χ0n) is 11.0. The van der Waals surface area contributed by atoms with Crippen molar-refractivity contribution in [1.82, 2.24) is 9.78 Å². The third-order valence-corrected chi connectivity index (χ3v) is 4.34. The smallest absolute Gasteiger partial charge is 0.298 e. The number of hydrogen-bond acceptors (Lipinski definition) is 4. The highest BCUT2D eigenvalue weighted by Crippen LogP contribution is 2.23. The molecule has 0 atom stereocenters. The normalized spacial score (nSPS) is 12.9. The molecular weight excluding hydrogens is 297 g/mol. The van der Waals surface area contributed by atoms with Crippen molar-refractivity contribution in [2.75, 3.05) is 5.75 Å². The largest absolute Gasteiger partial charge is 0.408 e. The highest BCUT2D eigenvalue weighted by molar-refractivity contribution is 7.91. The summed E-state index contributed by atoms with van der Waals surface area (Å²) in [5, 5.41) is 2.69. The predicted molar refractivity (Wildman–Crippen MR) is 65.2 cm³/mol. The zero-order valence-corrected chi connectivity index (χ0v) is 11.8. The summed E-state index contributed by atoms with van der Waals surface area (Å²) >= 11 is 0. The molecule has 1 rings (SSSR count). The van der Waals surface area contributed by atoms with Crippen LogP contribution < -0.4 is 0 Å². The lowest BCUT2D eigenvalue weighted by molar-refractivity contribution is -0.144. The highest BCUT2D eigenvalue weighted by Gasteiger charge is 2.33. The van der Waals surface area contributed by atoms with Gasteiger partial charge in [-0.25, -0.2) is 13.1 Å². The Balaban J connectivity index is 3.20. The van der Waals surface area contributed by atoms with E-state index in [4.69, 9.17) is 0 Å². The molecule has 0 aliphatic rings. The molecule has 1 aromatic rings. The van der Waals surface area contributed by atoms with Crippen molar-refractivity contribution in [3.05, 3.63) is 11.8 Å². The third kappa shape index (κ3) is 4.32. The fourth-order valence-corrected chi connectivity index (χ4v) is 3.45. The number of nitrogens with zero attached hydrogens (tertiary/aromatic N) is 2. The van der Waals surface area contributed by atoms with E-state index in [1.54, 1.807) is 13.8 Å². The van der Waals surface area contributed by atoms with Gasteiger partial charge in [-0.3, -0.25) is 4.79 Å². The molecule has 1 heterocycles. The summed E-state index contributed by atoms with van der Waals surface area (Å²) in [5.41, 5.74) is -0.349. The molecule has 0 saturated carbocycles. The van der Waals surface area contributed by atoms with E-state index in [0.29, 0.717) is 4.68 Å². The topological polar surface area (TPSA) is 69.0 Å². The van der Waals surface area contributed by atoms with E-state index in [2.05, 4.69) is 5.10 Å². The minimum Gasteiger partial charge on any atom is -0.298 e. The third-order valence-electron chi connectivity index (χ3n) is 2.53. The van der Waals surface area contributed by atoms with Gasteiger partial charge in [0.1, 0.15) is 6.54 Å². The molecule has 20 heavy (non-hydrogen) atoms. The molecule has 5 nitrogen and oxygen atoms in total. The fourth-order valence-electron chi connectivity index (χ4n) is 1.58. The van der Waals surface area contributed by atoms with Gasteiger partial charge in [0.15, 0.2) is 21.1 Å². The number of alkyl halides is 3. The van der Waals surface area contributed by atoms with E-state index in [0.717, 1.165) is 6.20 Å². The Morgan fingerprint density at radius 1 is 1.40 bits per heavy atom. The van der Waals surface area contributed by atoms with Gasteiger partial charge in [-0.05, 0) is 12.3 Å². The van der Waals surface area contributed by atoms with E-state index < -0.39 is 27.6 Å². The Kier molecular flexibility index (Phi) is 4.95. The SMILES string of the molecule is CC(C)CCS(=O)(=O)c1c(C=O)cnn1CC(F)(F)F. The van der Waals surface area contributed by atoms with Gasteiger partial charge in [-0.2, -0.15) is 18.3 Å². The predicted octanol–water partition coefficient (Wildman–Crippen LogP) is 2.08. The summed E-state index contributed by atoms with van der Waals surface area (Å²) in [7, 11) is -3.99. The van der Waals surface area contributed by atoms with Crippen LogP contribution in [0.4, 0.5) is 13.2 Å². The Morgan fingerprint density at radius 2 is 2.00 bits per heavy atom. The number of sulfone groups is 1. The Labute approximate surface area is 114 Å². The van der Waals surface area contributed by atoms with E-state index in [9.17, 15) is 26.4 Å². The van der Waals surface area contributed by atoms with Gasteiger partial charge in [0.2, 0.25) is 0 Å². The van der Waals surface area contributed by atoms with Gasteiger partial charge in [0.25, 0.3) is 0 Å². The molecule has 0 N–H and O–H groups in total. The second kappa shape index (κ2) is 5.94. The fraction of sp³-hybridized carbons (Fsp3) is 0.636. The Bertz CT molecular complexity index is 576. The van der Waals surface area contributed by atoms with E-state index in [-0.39, 0.29) is 29.9 Å². The van der Waals surface area contributed by atoms with Crippen LogP contribution in [0.5, 0.6) is 0 Å². The number of rotatable bonds is 6. The molecule has 9 heteroatoms. The first-order chi connectivity index (χ1) is 9.07. The maximum atomic E-state index is 12.4. The molecule has 0 fully saturated rings. The highest BCUT2D eigenvalue weighted by atomic mass is 32.2. The molecule has 0 amide bonds. The molecule has 0 aliphatic heterocycles. The standard InChI is InChI=1S/C11H15F3N2O3S/c1-8(2)3-4-20(18,19)10-9(6-17)5-15-16(10)7-11(12,13)14/h5-6,8H,3-4,7H2,1-2H3.